The normalized spacial score (nSPS) is 12.2. The van der Waals surface area contributed by atoms with Crippen molar-refractivity contribution in [3.8, 4) is 6.07 Å². The Hall–Kier alpha value is -1.28. The maximum absolute atomic E-state index is 13.0. The molecule has 0 aliphatic heterocycles. The van der Waals surface area contributed by atoms with Crippen molar-refractivity contribution in [2.75, 3.05) is 6.26 Å². The zero-order valence-corrected chi connectivity index (χ0v) is 7.49. The lowest BCUT2D eigenvalue weighted by molar-refractivity contribution is 0.569. The summed E-state index contributed by atoms with van der Waals surface area (Å²) in [6, 6.07) is 3.17. The van der Waals surface area contributed by atoms with Crippen molar-refractivity contribution in [1.29, 1.82) is 5.26 Å². The summed E-state index contributed by atoms with van der Waals surface area (Å²) in [6.07, 6.45) is 1.19. The van der Waals surface area contributed by atoms with E-state index >= 15 is 0 Å². The van der Waals surface area contributed by atoms with Gasteiger partial charge >= 0.3 is 0 Å². The van der Waals surface area contributed by atoms with E-state index in [2.05, 4.69) is 0 Å². The molecule has 1 aromatic carbocycles. The Kier molecular flexibility index (Phi) is 2.73. The monoisotopic (exact) mass is 201 g/mol. The second-order valence-electron chi connectivity index (χ2n) is 2.30. The second kappa shape index (κ2) is 3.62. The first kappa shape index (κ1) is 9.81. The Labute approximate surface area is 76.3 Å². The van der Waals surface area contributed by atoms with Gasteiger partial charge in [-0.2, -0.15) is 5.26 Å². The van der Waals surface area contributed by atoms with Crippen molar-refractivity contribution in [3.05, 3.63) is 29.3 Å². The molecule has 0 saturated heterocycles. The van der Waals surface area contributed by atoms with Gasteiger partial charge in [0, 0.05) is 6.26 Å². The van der Waals surface area contributed by atoms with Crippen molar-refractivity contribution in [2.24, 2.45) is 0 Å². The average Bonchev–Trinajstić information content (AvgIpc) is 2.07. The average molecular weight is 201 g/mol. The van der Waals surface area contributed by atoms with Crippen molar-refractivity contribution < 1.29 is 13.0 Å². The van der Waals surface area contributed by atoms with Gasteiger partial charge in [-0.25, -0.2) is 8.78 Å². The van der Waals surface area contributed by atoms with Crippen LogP contribution in [0, 0.1) is 23.0 Å². The van der Waals surface area contributed by atoms with Gasteiger partial charge in [0.15, 0.2) is 0 Å². The van der Waals surface area contributed by atoms with E-state index in [1.807, 2.05) is 0 Å². The predicted octanol–water partition coefficient (Wildman–Crippen LogP) is 1.57. The van der Waals surface area contributed by atoms with Gasteiger partial charge in [0.1, 0.15) is 23.3 Å². The quantitative estimate of drug-likeness (QED) is 0.692. The van der Waals surface area contributed by atoms with Crippen LogP contribution in [0.15, 0.2) is 17.0 Å². The van der Waals surface area contributed by atoms with Gasteiger partial charge in [-0.1, -0.05) is 0 Å². The van der Waals surface area contributed by atoms with Crippen LogP contribution in [0.4, 0.5) is 8.78 Å². The van der Waals surface area contributed by atoms with Crippen LogP contribution < -0.4 is 0 Å². The van der Waals surface area contributed by atoms with E-state index in [-0.39, 0.29) is 4.90 Å². The molecule has 13 heavy (non-hydrogen) atoms. The summed E-state index contributed by atoms with van der Waals surface area (Å²) in [6.45, 7) is 0. The summed E-state index contributed by atoms with van der Waals surface area (Å²) in [5.74, 6) is -1.67. The maximum Gasteiger partial charge on any atom is 0.142 e. The Bertz CT molecular complexity index is 411. The molecular formula is C8H5F2NOS. The highest BCUT2D eigenvalue weighted by Gasteiger charge is 2.16. The molecule has 0 N–H and O–H groups in total. The van der Waals surface area contributed by atoms with Gasteiger partial charge in [0.2, 0.25) is 0 Å². The van der Waals surface area contributed by atoms with Gasteiger partial charge in [0.05, 0.1) is 15.7 Å². The Morgan fingerprint density at radius 1 is 1.38 bits per heavy atom. The first-order chi connectivity index (χ1) is 6.07. The summed E-state index contributed by atoms with van der Waals surface area (Å²) in [5, 5.41) is 8.48. The topological polar surface area (TPSA) is 40.9 Å². The molecule has 0 spiro atoms. The van der Waals surface area contributed by atoms with Crippen molar-refractivity contribution >= 4 is 10.8 Å². The number of benzene rings is 1. The molecule has 0 saturated carbocycles. The molecule has 0 aromatic heterocycles. The van der Waals surface area contributed by atoms with Crippen molar-refractivity contribution in [2.45, 2.75) is 4.90 Å². The molecule has 1 atom stereocenters. The lowest BCUT2D eigenvalue weighted by atomic mass is 10.2. The minimum Gasteiger partial charge on any atom is -0.254 e. The molecule has 68 valence electrons. The van der Waals surface area contributed by atoms with Crippen LogP contribution in [0.2, 0.25) is 0 Å². The zero-order chi connectivity index (χ0) is 10.0. The third-order valence-electron chi connectivity index (χ3n) is 1.46. The molecule has 0 aliphatic rings. The lowest BCUT2D eigenvalue weighted by Crippen LogP contribution is -1.99. The highest BCUT2D eigenvalue weighted by Crippen LogP contribution is 2.19. The van der Waals surface area contributed by atoms with E-state index in [1.54, 1.807) is 0 Å². The van der Waals surface area contributed by atoms with Crippen LogP contribution in [0.3, 0.4) is 0 Å². The van der Waals surface area contributed by atoms with Crippen LogP contribution in [0.5, 0.6) is 0 Å². The number of nitriles is 1. The summed E-state index contributed by atoms with van der Waals surface area (Å²) in [4.78, 5) is -0.373. The maximum atomic E-state index is 13.0. The third kappa shape index (κ3) is 1.73. The van der Waals surface area contributed by atoms with Gasteiger partial charge < -0.3 is 0 Å². The van der Waals surface area contributed by atoms with Crippen molar-refractivity contribution in [1.82, 2.24) is 0 Å². The van der Waals surface area contributed by atoms with Gasteiger partial charge in [-0.15, -0.1) is 0 Å². The minimum absolute atomic E-state index is 0.373. The van der Waals surface area contributed by atoms with Crippen molar-refractivity contribution in [3.63, 3.8) is 0 Å². The molecule has 0 aliphatic carbocycles. The van der Waals surface area contributed by atoms with Gasteiger partial charge in [-0.05, 0) is 12.1 Å². The summed E-state index contributed by atoms with van der Waals surface area (Å²) < 4.78 is 36.8. The highest BCUT2D eigenvalue weighted by atomic mass is 32.2. The van der Waals surface area contributed by atoms with E-state index in [0.29, 0.717) is 0 Å². The molecule has 0 radical (unpaired) electrons. The van der Waals surface area contributed by atoms with Gasteiger partial charge in [-0.3, -0.25) is 4.21 Å². The van der Waals surface area contributed by atoms with Crippen LogP contribution in [-0.4, -0.2) is 10.5 Å². The Morgan fingerprint density at radius 3 is 2.31 bits per heavy atom. The summed E-state index contributed by atoms with van der Waals surface area (Å²) in [5.41, 5.74) is -0.485. The fourth-order valence-electron chi connectivity index (χ4n) is 0.918. The molecule has 1 rings (SSSR count). The van der Waals surface area contributed by atoms with E-state index in [4.69, 9.17) is 5.26 Å². The molecule has 0 fully saturated rings. The predicted molar refractivity (Wildman–Crippen MR) is 43.4 cm³/mol. The second-order valence-corrected chi connectivity index (χ2v) is 3.62. The minimum atomic E-state index is -1.70. The molecular weight excluding hydrogens is 196 g/mol. The van der Waals surface area contributed by atoms with E-state index in [0.717, 1.165) is 12.1 Å². The molecule has 0 bridgehead atoms. The Balaban J connectivity index is 3.55. The lowest BCUT2D eigenvalue weighted by Gasteiger charge is -2.01. The molecule has 1 aromatic rings. The molecule has 1 unspecified atom stereocenters. The van der Waals surface area contributed by atoms with Crippen LogP contribution >= 0.6 is 0 Å². The third-order valence-corrected chi connectivity index (χ3v) is 2.43. The number of hydrogen-bond donors (Lipinski definition) is 0. The molecule has 0 amide bonds. The van der Waals surface area contributed by atoms with Crippen LogP contribution in [0.1, 0.15) is 5.56 Å². The molecule has 0 heterocycles. The number of hydrogen-bond acceptors (Lipinski definition) is 2. The number of rotatable bonds is 1. The summed E-state index contributed by atoms with van der Waals surface area (Å²) in [7, 11) is -1.70. The first-order valence-electron chi connectivity index (χ1n) is 3.29. The van der Waals surface area contributed by atoms with Gasteiger partial charge in [0.25, 0.3) is 0 Å². The number of nitrogens with zero attached hydrogens (tertiary/aromatic N) is 1. The highest BCUT2D eigenvalue weighted by molar-refractivity contribution is 7.84. The number of halogens is 2. The van der Waals surface area contributed by atoms with E-state index in [9.17, 15) is 13.0 Å². The standard InChI is InChI=1S/C8H5F2NOS/c1-13(12)8-5(4-11)6(9)2-3-7(8)10/h2-3H,1H3. The first-order valence-corrected chi connectivity index (χ1v) is 4.85. The smallest absolute Gasteiger partial charge is 0.142 e. The SMILES string of the molecule is CS(=O)c1c(F)ccc(F)c1C#N. The fourth-order valence-corrected chi connectivity index (χ4v) is 1.69. The van der Waals surface area contributed by atoms with E-state index < -0.39 is 28.0 Å². The summed E-state index contributed by atoms with van der Waals surface area (Å²) >= 11 is 0. The van der Waals surface area contributed by atoms with E-state index in [1.165, 1.54) is 12.3 Å². The fraction of sp³-hybridized carbons (Fsp3) is 0.125. The molecule has 2 nitrogen and oxygen atoms in total. The molecule has 5 heteroatoms. The van der Waals surface area contributed by atoms with Crippen LogP contribution in [-0.2, 0) is 10.8 Å². The Morgan fingerprint density at radius 2 is 1.92 bits per heavy atom. The largest absolute Gasteiger partial charge is 0.254 e. The zero-order valence-electron chi connectivity index (χ0n) is 6.67. The van der Waals surface area contributed by atoms with Crippen LogP contribution in [0.25, 0.3) is 0 Å².